The zero-order valence-electron chi connectivity index (χ0n) is 8.77. The molecule has 2 rings (SSSR count). The van der Waals surface area contributed by atoms with Gasteiger partial charge in [0.1, 0.15) is 0 Å². The first-order valence-electron chi connectivity index (χ1n) is 4.51. The van der Waals surface area contributed by atoms with Crippen LogP contribution >= 0.6 is 12.2 Å². The van der Waals surface area contributed by atoms with Gasteiger partial charge in [-0.15, -0.1) is 0 Å². The van der Waals surface area contributed by atoms with Crippen LogP contribution in [0.15, 0.2) is 18.2 Å². The van der Waals surface area contributed by atoms with Gasteiger partial charge in [-0.05, 0) is 36.8 Å². The molecule has 88 valence electrons. The van der Waals surface area contributed by atoms with Gasteiger partial charge in [-0.25, -0.2) is 0 Å². The molecule has 0 aliphatic rings. The van der Waals surface area contributed by atoms with E-state index in [1.54, 1.807) is 0 Å². The van der Waals surface area contributed by atoms with Crippen LogP contribution in [0.5, 0.6) is 0 Å². The second kappa shape index (κ2) is 4.69. The van der Waals surface area contributed by atoms with E-state index in [1.807, 2.05) is 6.07 Å². The van der Waals surface area contributed by atoms with E-state index in [0.29, 0.717) is 4.77 Å². The zero-order valence-corrected chi connectivity index (χ0v) is 9.59. The Morgan fingerprint density at radius 3 is 2.19 bits per heavy atom. The van der Waals surface area contributed by atoms with Gasteiger partial charge in [-0.3, -0.25) is 0 Å². The van der Waals surface area contributed by atoms with Gasteiger partial charge in [-0.1, -0.05) is 6.07 Å². The number of fused-ring (bicyclic) bond motifs is 1. The molecule has 0 spiro atoms. The van der Waals surface area contributed by atoms with E-state index in [2.05, 4.69) is 29.0 Å². The van der Waals surface area contributed by atoms with Crippen LogP contribution in [0.4, 0.5) is 13.2 Å². The lowest BCUT2D eigenvalue weighted by atomic mass is 10.2. The Kier molecular flexibility index (Phi) is 3.74. The summed E-state index contributed by atoms with van der Waals surface area (Å²) in [4.78, 5) is 6.10. The van der Waals surface area contributed by atoms with Gasteiger partial charge in [0.2, 0.25) is 0 Å². The number of H-pyrrole nitrogens is 2. The average Bonchev–Trinajstić information content (AvgIpc) is 2.40. The van der Waals surface area contributed by atoms with Crippen LogP contribution < -0.4 is 0 Å². The average molecular weight is 248 g/mol. The first-order chi connectivity index (χ1) is 7.25. The van der Waals surface area contributed by atoms with Gasteiger partial charge in [0, 0.05) is 6.92 Å². The third-order valence-electron chi connectivity index (χ3n) is 1.67. The lowest BCUT2D eigenvalue weighted by Gasteiger charge is -1.89. The molecule has 0 bridgehead atoms. The first kappa shape index (κ1) is 12.8. The Morgan fingerprint density at radius 1 is 1.12 bits per heavy atom. The van der Waals surface area contributed by atoms with E-state index in [-0.39, 0.29) is 6.92 Å². The molecule has 1 aromatic heterocycles. The molecule has 0 atom stereocenters. The van der Waals surface area contributed by atoms with Crippen LogP contribution in [-0.4, -0.2) is 16.1 Å². The third kappa shape index (κ3) is 4.48. The number of aryl methyl sites for hydroxylation is 1. The van der Waals surface area contributed by atoms with Crippen LogP contribution in [0.3, 0.4) is 0 Å². The molecule has 16 heavy (non-hydrogen) atoms. The number of aromatic amines is 2. The number of imidazole rings is 1. The fraction of sp³-hybridized carbons (Fsp3) is 0.300. The van der Waals surface area contributed by atoms with Gasteiger partial charge in [0.05, 0.1) is 11.0 Å². The predicted octanol–water partition coefficient (Wildman–Crippen LogP) is 4.10. The van der Waals surface area contributed by atoms with Crippen molar-refractivity contribution in [2.45, 2.75) is 20.0 Å². The minimum atomic E-state index is -4.00. The largest absolute Gasteiger partial charge is 0.386 e. The Morgan fingerprint density at radius 2 is 1.62 bits per heavy atom. The number of benzene rings is 1. The summed E-state index contributed by atoms with van der Waals surface area (Å²) in [6.45, 7) is 2.25. The fourth-order valence-electron chi connectivity index (χ4n) is 1.15. The molecule has 1 aromatic carbocycles. The van der Waals surface area contributed by atoms with E-state index in [9.17, 15) is 13.2 Å². The Bertz CT molecular complexity index is 519. The Balaban J connectivity index is 0.000000221. The number of nitrogens with one attached hydrogen (secondary N) is 2. The molecule has 2 N–H and O–H groups in total. The molecule has 0 aliphatic heterocycles. The molecule has 0 aliphatic carbocycles. The highest BCUT2D eigenvalue weighted by Crippen LogP contribution is 2.11. The van der Waals surface area contributed by atoms with E-state index < -0.39 is 6.18 Å². The molecule has 2 nitrogen and oxygen atoms in total. The quantitative estimate of drug-likeness (QED) is 0.676. The summed E-state index contributed by atoms with van der Waals surface area (Å²) in [7, 11) is 0. The molecular formula is C10H11F3N2S. The molecule has 0 unspecified atom stereocenters. The zero-order chi connectivity index (χ0) is 12.3. The SMILES string of the molecule is CC(F)(F)F.Cc1ccc2[nH]c(=S)[nH]c2c1. The monoisotopic (exact) mass is 248 g/mol. The Labute approximate surface area is 95.5 Å². The van der Waals surface area contributed by atoms with Crippen molar-refractivity contribution in [2.24, 2.45) is 0 Å². The Hall–Kier alpha value is -1.30. The lowest BCUT2D eigenvalue weighted by Crippen LogP contribution is -1.95. The second-order valence-electron chi connectivity index (χ2n) is 3.41. The van der Waals surface area contributed by atoms with Crippen molar-refractivity contribution in [1.82, 2.24) is 9.97 Å². The number of hydrogen-bond acceptors (Lipinski definition) is 1. The number of rotatable bonds is 0. The second-order valence-corrected chi connectivity index (χ2v) is 3.82. The number of aromatic nitrogens is 2. The summed E-state index contributed by atoms with van der Waals surface area (Å²) >= 11 is 4.95. The summed E-state index contributed by atoms with van der Waals surface area (Å²) < 4.78 is 31.7. The van der Waals surface area contributed by atoms with Crippen LogP contribution in [0.25, 0.3) is 11.0 Å². The van der Waals surface area contributed by atoms with E-state index in [1.165, 1.54) is 5.56 Å². The summed E-state index contributed by atoms with van der Waals surface area (Å²) in [5.74, 6) is 0. The molecule has 0 fully saturated rings. The van der Waals surface area contributed by atoms with Crippen molar-refractivity contribution in [3.8, 4) is 0 Å². The number of hydrogen-bond donors (Lipinski definition) is 2. The van der Waals surface area contributed by atoms with Crippen molar-refractivity contribution in [3.63, 3.8) is 0 Å². The van der Waals surface area contributed by atoms with E-state index in [0.717, 1.165) is 11.0 Å². The lowest BCUT2D eigenvalue weighted by molar-refractivity contribution is -0.110. The van der Waals surface area contributed by atoms with Gasteiger partial charge < -0.3 is 9.97 Å². The standard InChI is InChI=1S/C8H8N2S.C2H3F3/c1-5-2-3-6-7(4-5)10-8(11)9-6;1-2(3,4)5/h2-4H,1H3,(H2,9,10,11);1H3. The van der Waals surface area contributed by atoms with E-state index in [4.69, 9.17) is 12.2 Å². The topological polar surface area (TPSA) is 31.6 Å². The highest BCUT2D eigenvalue weighted by atomic mass is 32.1. The van der Waals surface area contributed by atoms with Crippen LogP contribution in [0.1, 0.15) is 12.5 Å². The summed E-state index contributed by atoms with van der Waals surface area (Å²) in [5.41, 5.74) is 3.39. The van der Waals surface area contributed by atoms with Crippen LogP contribution in [0.2, 0.25) is 0 Å². The van der Waals surface area contributed by atoms with Crippen molar-refractivity contribution in [3.05, 3.63) is 28.5 Å². The maximum Gasteiger partial charge on any atom is 0.386 e. The fourth-order valence-corrected chi connectivity index (χ4v) is 1.37. The molecule has 6 heteroatoms. The minimum absolute atomic E-state index is 0.188. The van der Waals surface area contributed by atoms with Gasteiger partial charge in [0.15, 0.2) is 4.77 Å². The predicted molar refractivity (Wildman–Crippen MR) is 59.9 cm³/mol. The highest BCUT2D eigenvalue weighted by Gasteiger charge is 2.15. The van der Waals surface area contributed by atoms with Crippen LogP contribution in [0, 0.1) is 11.7 Å². The molecule has 1 heterocycles. The molecular weight excluding hydrogens is 237 g/mol. The van der Waals surface area contributed by atoms with Gasteiger partial charge in [-0.2, -0.15) is 13.2 Å². The maximum absolute atomic E-state index is 10.4. The highest BCUT2D eigenvalue weighted by molar-refractivity contribution is 7.71. The van der Waals surface area contributed by atoms with Gasteiger partial charge in [0.25, 0.3) is 0 Å². The summed E-state index contributed by atoms with van der Waals surface area (Å²) in [5, 5.41) is 0. The minimum Gasteiger partial charge on any atom is -0.331 e. The third-order valence-corrected chi connectivity index (χ3v) is 1.88. The van der Waals surface area contributed by atoms with Crippen molar-refractivity contribution in [1.29, 1.82) is 0 Å². The normalized spacial score (nSPS) is 11.1. The molecule has 0 saturated carbocycles. The molecule has 0 saturated heterocycles. The van der Waals surface area contributed by atoms with Crippen molar-refractivity contribution in [2.75, 3.05) is 0 Å². The van der Waals surface area contributed by atoms with Gasteiger partial charge >= 0.3 is 6.18 Å². The maximum atomic E-state index is 10.4. The molecule has 0 radical (unpaired) electrons. The number of halogens is 3. The molecule has 2 aromatic rings. The van der Waals surface area contributed by atoms with Crippen molar-refractivity contribution < 1.29 is 13.2 Å². The number of alkyl halides is 3. The van der Waals surface area contributed by atoms with Crippen LogP contribution in [-0.2, 0) is 0 Å². The van der Waals surface area contributed by atoms with E-state index >= 15 is 0 Å². The smallest absolute Gasteiger partial charge is 0.331 e. The molecule has 0 amide bonds. The summed E-state index contributed by atoms with van der Waals surface area (Å²) in [6.07, 6.45) is -4.00. The van der Waals surface area contributed by atoms with Crippen molar-refractivity contribution >= 4 is 23.3 Å². The first-order valence-corrected chi connectivity index (χ1v) is 4.92. The summed E-state index contributed by atoms with van der Waals surface area (Å²) in [6, 6.07) is 6.15.